The lowest BCUT2D eigenvalue weighted by Crippen LogP contribution is -1.71. The summed E-state index contributed by atoms with van der Waals surface area (Å²) in [6.45, 7) is 17.1. The van der Waals surface area contributed by atoms with Gasteiger partial charge in [0.05, 0.1) is 0 Å². The predicted molar refractivity (Wildman–Crippen MR) is 66.1 cm³/mol. The van der Waals surface area contributed by atoms with Crippen molar-refractivity contribution in [3.63, 3.8) is 0 Å². The SMILES string of the molecule is C=C.C=CC.C=CCCCCCC. The quantitative estimate of drug-likeness (QED) is 0.408. The molecule has 0 aromatic rings. The first-order valence-corrected chi connectivity index (χ1v) is 5.01. The highest BCUT2D eigenvalue weighted by Gasteiger charge is 1.81. The van der Waals surface area contributed by atoms with Crippen LogP contribution in [0.1, 0.15) is 46.0 Å². The Kier molecular flexibility index (Phi) is 42.2. The van der Waals surface area contributed by atoms with E-state index >= 15 is 0 Å². The molecule has 0 saturated heterocycles. The minimum atomic E-state index is 1.19. The second-order valence-electron chi connectivity index (χ2n) is 2.55. The normalized spacial score (nSPS) is 6.92. The van der Waals surface area contributed by atoms with Gasteiger partial charge in [-0.3, -0.25) is 0 Å². The Balaban J connectivity index is -0.000000169. The van der Waals surface area contributed by atoms with Crippen molar-refractivity contribution >= 4 is 0 Å². The van der Waals surface area contributed by atoms with Crippen molar-refractivity contribution in [3.05, 3.63) is 38.5 Å². The average Bonchev–Trinajstić information content (AvgIpc) is 2.17. The Hall–Kier alpha value is -0.780. The van der Waals surface area contributed by atoms with Crippen LogP contribution in [0.5, 0.6) is 0 Å². The van der Waals surface area contributed by atoms with Crippen molar-refractivity contribution in [2.75, 3.05) is 0 Å². The van der Waals surface area contributed by atoms with Crippen LogP contribution in [0, 0.1) is 0 Å². The molecule has 13 heavy (non-hydrogen) atoms. The van der Waals surface area contributed by atoms with E-state index in [0.717, 1.165) is 0 Å². The van der Waals surface area contributed by atoms with E-state index in [1.54, 1.807) is 6.08 Å². The molecule has 0 rings (SSSR count). The van der Waals surface area contributed by atoms with Crippen LogP contribution in [0.15, 0.2) is 38.5 Å². The van der Waals surface area contributed by atoms with E-state index < -0.39 is 0 Å². The van der Waals surface area contributed by atoms with Crippen molar-refractivity contribution in [2.45, 2.75) is 46.0 Å². The average molecular weight is 182 g/mol. The van der Waals surface area contributed by atoms with Gasteiger partial charge in [-0.25, -0.2) is 0 Å². The first-order valence-electron chi connectivity index (χ1n) is 5.01. The van der Waals surface area contributed by atoms with Gasteiger partial charge < -0.3 is 0 Å². The van der Waals surface area contributed by atoms with Crippen LogP contribution in [0.2, 0.25) is 0 Å². The minimum Gasteiger partial charge on any atom is -0.106 e. The van der Waals surface area contributed by atoms with Gasteiger partial charge in [0.2, 0.25) is 0 Å². The maximum atomic E-state index is 3.66. The molecule has 0 nitrogen and oxygen atoms in total. The standard InChI is InChI=1S/C8H16.C3H6.C2H4/c1-3-5-7-8-6-4-2;1-3-2;1-2/h3H,1,4-8H2,2H3;3H,1H2,2H3;1-2H2. The molecular weight excluding hydrogens is 156 g/mol. The lowest BCUT2D eigenvalue weighted by molar-refractivity contribution is 0.675. The molecule has 0 atom stereocenters. The Bertz CT molecular complexity index is 82.0. The minimum absolute atomic E-state index is 1.19. The molecule has 0 aromatic heterocycles. The van der Waals surface area contributed by atoms with Crippen molar-refractivity contribution in [1.29, 1.82) is 0 Å². The summed E-state index contributed by atoms with van der Waals surface area (Å²) in [6, 6.07) is 0. The number of hydrogen-bond donors (Lipinski definition) is 0. The third-order valence-corrected chi connectivity index (χ3v) is 1.26. The molecule has 0 heteroatoms. The van der Waals surface area contributed by atoms with Gasteiger partial charge in [-0.2, -0.15) is 0 Å². The first kappa shape index (κ1) is 18.1. The van der Waals surface area contributed by atoms with E-state index in [2.05, 4.69) is 33.2 Å². The second-order valence-corrected chi connectivity index (χ2v) is 2.55. The molecule has 0 unspecified atom stereocenters. The fourth-order valence-electron chi connectivity index (χ4n) is 0.715. The molecule has 0 bridgehead atoms. The molecule has 0 aliphatic carbocycles. The molecule has 0 aliphatic heterocycles. The van der Waals surface area contributed by atoms with Crippen LogP contribution in [-0.4, -0.2) is 0 Å². The van der Waals surface area contributed by atoms with E-state index in [9.17, 15) is 0 Å². The van der Waals surface area contributed by atoms with Crippen molar-refractivity contribution < 1.29 is 0 Å². The zero-order valence-corrected chi connectivity index (χ0v) is 9.52. The molecule has 0 aliphatic rings. The number of unbranched alkanes of at least 4 members (excludes halogenated alkanes) is 4. The number of allylic oxidation sites excluding steroid dienone is 2. The molecule has 0 amide bonds. The summed E-state index contributed by atoms with van der Waals surface area (Å²) in [6.07, 6.45) is 10.4. The van der Waals surface area contributed by atoms with Gasteiger partial charge in [-0.15, -0.1) is 26.3 Å². The molecule has 0 heterocycles. The highest BCUT2D eigenvalue weighted by molar-refractivity contribution is 4.64. The van der Waals surface area contributed by atoms with E-state index in [1.165, 1.54) is 32.1 Å². The fraction of sp³-hybridized carbons (Fsp3) is 0.538. The van der Waals surface area contributed by atoms with Gasteiger partial charge in [-0.1, -0.05) is 38.3 Å². The fourth-order valence-corrected chi connectivity index (χ4v) is 0.715. The third kappa shape index (κ3) is 53.6. The van der Waals surface area contributed by atoms with Gasteiger partial charge >= 0.3 is 0 Å². The van der Waals surface area contributed by atoms with Gasteiger partial charge in [-0.05, 0) is 19.8 Å². The van der Waals surface area contributed by atoms with Gasteiger partial charge in [0, 0.05) is 0 Å². The summed E-state index contributed by atoms with van der Waals surface area (Å²) in [5.41, 5.74) is 0. The lowest BCUT2D eigenvalue weighted by Gasteiger charge is -1.91. The first-order chi connectivity index (χ1) is 6.33. The maximum Gasteiger partial charge on any atom is -0.0353 e. The van der Waals surface area contributed by atoms with Gasteiger partial charge in [0.1, 0.15) is 0 Å². The van der Waals surface area contributed by atoms with E-state index in [0.29, 0.717) is 0 Å². The molecule has 78 valence electrons. The topological polar surface area (TPSA) is 0 Å². The Morgan fingerprint density at radius 2 is 1.46 bits per heavy atom. The summed E-state index contributed by atoms with van der Waals surface area (Å²) in [5, 5.41) is 0. The highest BCUT2D eigenvalue weighted by atomic mass is 13.9. The van der Waals surface area contributed by atoms with Crippen LogP contribution in [-0.2, 0) is 0 Å². The molecular formula is C13H26. The second kappa shape index (κ2) is 30.3. The van der Waals surface area contributed by atoms with Crippen LogP contribution in [0.3, 0.4) is 0 Å². The molecule has 0 N–H and O–H groups in total. The van der Waals surface area contributed by atoms with Crippen molar-refractivity contribution in [3.8, 4) is 0 Å². The van der Waals surface area contributed by atoms with Crippen LogP contribution < -0.4 is 0 Å². The Morgan fingerprint density at radius 3 is 1.77 bits per heavy atom. The Labute approximate surface area is 85.1 Å². The zero-order chi connectivity index (χ0) is 10.9. The van der Waals surface area contributed by atoms with Gasteiger partial charge in [0.25, 0.3) is 0 Å². The summed E-state index contributed by atoms with van der Waals surface area (Å²) >= 11 is 0. The largest absolute Gasteiger partial charge is 0.106 e. The van der Waals surface area contributed by atoms with Crippen LogP contribution in [0.25, 0.3) is 0 Å². The van der Waals surface area contributed by atoms with Crippen molar-refractivity contribution in [2.24, 2.45) is 0 Å². The number of rotatable bonds is 5. The van der Waals surface area contributed by atoms with Crippen LogP contribution >= 0.6 is 0 Å². The van der Waals surface area contributed by atoms with E-state index in [-0.39, 0.29) is 0 Å². The molecule has 0 saturated carbocycles. The zero-order valence-electron chi connectivity index (χ0n) is 9.52. The Morgan fingerprint density at radius 1 is 1.00 bits per heavy atom. The summed E-state index contributed by atoms with van der Waals surface area (Å²) in [4.78, 5) is 0. The summed E-state index contributed by atoms with van der Waals surface area (Å²) in [5.74, 6) is 0. The lowest BCUT2D eigenvalue weighted by atomic mass is 10.2. The third-order valence-electron chi connectivity index (χ3n) is 1.26. The molecule has 0 spiro atoms. The molecule has 0 radical (unpaired) electrons. The summed E-state index contributed by atoms with van der Waals surface area (Å²) in [7, 11) is 0. The van der Waals surface area contributed by atoms with Gasteiger partial charge in [0.15, 0.2) is 0 Å². The molecule has 0 fully saturated rings. The molecule has 0 aromatic carbocycles. The van der Waals surface area contributed by atoms with Crippen molar-refractivity contribution in [1.82, 2.24) is 0 Å². The van der Waals surface area contributed by atoms with Crippen LogP contribution in [0.4, 0.5) is 0 Å². The predicted octanol–water partition coefficient (Wildman–Crippen LogP) is 5.14. The summed E-state index contributed by atoms with van der Waals surface area (Å²) < 4.78 is 0. The smallest absolute Gasteiger partial charge is 0.0353 e. The highest BCUT2D eigenvalue weighted by Crippen LogP contribution is 2.01. The van der Waals surface area contributed by atoms with E-state index in [4.69, 9.17) is 0 Å². The van der Waals surface area contributed by atoms with E-state index in [1.807, 2.05) is 13.0 Å². The monoisotopic (exact) mass is 182 g/mol. The number of hydrogen-bond acceptors (Lipinski definition) is 0. The maximum absolute atomic E-state index is 3.66.